The van der Waals surface area contributed by atoms with E-state index < -0.39 is 5.41 Å². The summed E-state index contributed by atoms with van der Waals surface area (Å²) < 4.78 is 98.9. The Bertz CT molecular complexity index is 938. The largest absolute Gasteiger partial charge is 0.465 e. The minimum absolute atomic E-state index is 0.146. The van der Waals surface area contributed by atoms with Gasteiger partial charge in [-0.05, 0) is 58.8 Å². The van der Waals surface area contributed by atoms with Crippen LogP contribution in [0.5, 0.6) is 0 Å². The zero-order chi connectivity index (χ0) is 48.5. The van der Waals surface area contributed by atoms with Crippen LogP contribution in [0.1, 0.15) is 72.1 Å². The molecular formula is C48H96O19. The second kappa shape index (κ2) is 57.4. The molecule has 0 N–H and O–H groups in total. The molecule has 0 aromatic rings. The Hall–Kier alpha value is -1.21. The Balaban J connectivity index is 3.10. The van der Waals surface area contributed by atoms with Crippen molar-refractivity contribution in [1.82, 2.24) is 0 Å². The Morgan fingerprint density at radius 3 is 0.627 bits per heavy atom. The van der Waals surface area contributed by atoms with Crippen molar-refractivity contribution in [2.45, 2.75) is 72.1 Å². The predicted molar refractivity (Wildman–Crippen MR) is 252 cm³/mol. The molecule has 0 fully saturated rings. The second-order valence-corrected chi connectivity index (χ2v) is 15.6. The number of hydrogen-bond acceptors (Lipinski definition) is 19. The summed E-state index contributed by atoms with van der Waals surface area (Å²) in [7, 11) is 1.65. The van der Waals surface area contributed by atoms with E-state index in [0.29, 0.717) is 231 Å². The molecule has 0 amide bonds. The Labute approximate surface area is 404 Å². The maximum Gasteiger partial charge on any atom is 0.311 e. The summed E-state index contributed by atoms with van der Waals surface area (Å²) in [6.07, 6.45) is 6.64. The molecule has 0 unspecified atom stereocenters. The van der Waals surface area contributed by atoms with E-state index in [1.54, 1.807) is 7.11 Å². The third-order valence-electron chi connectivity index (χ3n) is 9.35. The van der Waals surface area contributed by atoms with Gasteiger partial charge in [-0.3, -0.25) is 4.79 Å². The normalized spacial score (nSPS) is 11.9. The first kappa shape index (κ1) is 65.8. The van der Waals surface area contributed by atoms with Crippen molar-refractivity contribution in [3.05, 3.63) is 0 Å². The highest BCUT2D eigenvalue weighted by atomic mass is 16.6. The number of ether oxygens (including phenoxy) is 18. The second-order valence-electron chi connectivity index (χ2n) is 15.6. The molecular weight excluding hydrogens is 881 g/mol. The van der Waals surface area contributed by atoms with E-state index in [0.717, 1.165) is 44.9 Å². The van der Waals surface area contributed by atoms with Crippen LogP contribution in [0, 0.1) is 5.41 Å². The number of carbonyl (C=O) groups excluding carboxylic acids is 1. The van der Waals surface area contributed by atoms with Gasteiger partial charge < -0.3 is 85.3 Å². The molecule has 0 aromatic carbocycles. The van der Waals surface area contributed by atoms with Gasteiger partial charge in [0.05, 0.1) is 144 Å². The lowest BCUT2D eigenvalue weighted by molar-refractivity contribution is -0.154. The third kappa shape index (κ3) is 55.6. The quantitative estimate of drug-likeness (QED) is 0.0608. The van der Waals surface area contributed by atoms with Crippen LogP contribution >= 0.6 is 0 Å². The molecule has 0 radical (unpaired) electrons. The van der Waals surface area contributed by atoms with E-state index in [-0.39, 0.29) is 5.97 Å². The smallest absolute Gasteiger partial charge is 0.311 e. The maximum absolute atomic E-state index is 11.9. The van der Waals surface area contributed by atoms with Crippen LogP contribution in [0.2, 0.25) is 0 Å². The van der Waals surface area contributed by atoms with Gasteiger partial charge in [0.2, 0.25) is 0 Å². The summed E-state index contributed by atoms with van der Waals surface area (Å²) in [4.78, 5) is 11.9. The monoisotopic (exact) mass is 977 g/mol. The lowest BCUT2D eigenvalue weighted by Gasteiger charge is -2.20. The fraction of sp³-hybridized carbons (Fsp3) is 0.979. The molecule has 19 heteroatoms. The first-order chi connectivity index (χ1) is 33.0. The van der Waals surface area contributed by atoms with Gasteiger partial charge in [-0.1, -0.05) is 6.92 Å². The number of methoxy groups -OCH3 is 1. The topological polar surface area (TPSA) is 183 Å². The van der Waals surface area contributed by atoms with E-state index in [1.807, 2.05) is 20.8 Å². The molecule has 0 heterocycles. The minimum Gasteiger partial charge on any atom is -0.465 e. The number of esters is 1. The number of carbonyl (C=O) groups is 1. The zero-order valence-electron chi connectivity index (χ0n) is 42.5. The van der Waals surface area contributed by atoms with Gasteiger partial charge >= 0.3 is 5.97 Å². The van der Waals surface area contributed by atoms with E-state index >= 15 is 0 Å². The lowest BCUT2D eigenvalue weighted by Crippen LogP contribution is -2.26. The predicted octanol–water partition coefficient (Wildman–Crippen LogP) is 4.61. The molecule has 0 atom stereocenters. The molecule has 0 aliphatic rings. The Morgan fingerprint density at radius 2 is 0.433 bits per heavy atom. The SMILES string of the molecule is CCC(C)(C)C(=O)OCCCOCCCOCCCOCCCOCCCOCCCOCCCOCCOCCOCCOCCOCCOCCOCCOCCOCCOCCOC. The fourth-order valence-corrected chi connectivity index (χ4v) is 5.08. The molecule has 67 heavy (non-hydrogen) atoms. The van der Waals surface area contributed by atoms with Gasteiger partial charge in [-0.25, -0.2) is 0 Å². The first-order valence-electron chi connectivity index (χ1n) is 24.9. The summed E-state index contributed by atoms with van der Waals surface area (Å²) in [5, 5.41) is 0. The van der Waals surface area contributed by atoms with Crippen molar-refractivity contribution in [2.24, 2.45) is 5.41 Å². The Kier molecular flexibility index (Phi) is 56.3. The summed E-state index contributed by atoms with van der Waals surface area (Å²) >= 11 is 0. The molecule has 0 saturated carbocycles. The highest BCUT2D eigenvalue weighted by molar-refractivity contribution is 5.75. The molecule has 0 aliphatic heterocycles. The van der Waals surface area contributed by atoms with Gasteiger partial charge in [-0.15, -0.1) is 0 Å². The van der Waals surface area contributed by atoms with Crippen LogP contribution in [0.3, 0.4) is 0 Å². The highest BCUT2D eigenvalue weighted by Gasteiger charge is 2.26. The van der Waals surface area contributed by atoms with Crippen LogP contribution in [0.25, 0.3) is 0 Å². The minimum atomic E-state index is -0.421. The van der Waals surface area contributed by atoms with Crippen molar-refractivity contribution in [1.29, 1.82) is 0 Å². The highest BCUT2D eigenvalue weighted by Crippen LogP contribution is 2.21. The molecule has 0 aliphatic carbocycles. The third-order valence-corrected chi connectivity index (χ3v) is 9.35. The van der Waals surface area contributed by atoms with Crippen molar-refractivity contribution in [3.63, 3.8) is 0 Å². The van der Waals surface area contributed by atoms with Crippen LogP contribution in [-0.4, -0.2) is 238 Å². The van der Waals surface area contributed by atoms with E-state index in [9.17, 15) is 4.79 Å². The van der Waals surface area contributed by atoms with Gasteiger partial charge in [0.15, 0.2) is 0 Å². The standard InChI is InChI=1S/C48H96O19/c1-5-48(2,3)47(49)67-26-12-25-56-22-10-21-54-18-8-17-52-14-6-13-51-15-7-16-53-19-9-20-55-23-11-24-57-29-30-59-33-34-61-37-38-63-41-42-65-45-46-66-44-43-64-40-39-62-36-35-60-32-31-58-28-27-50-4/h5-46H2,1-4H3. The van der Waals surface area contributed by atoms with Crippen molar-refractivity contribution in [3.8, 4) is 0 Å². The number of rotatable bonds is 60. The van der Waals surface area contributed by atoms with Gasteiger partial charge in [0, 0.05) is 99.4 Å². The lowest BCUT2D eigenvalue weighted by atomic mass is 9.91. The average Bonchev–Trinajstić information content (AvgIpc) is 3.33. The van der Waals surface area contributed by atoms with Crippen molar-refractivity contribution >= 4 is 5.97 Å². The fourth-order valence-electron chi connectivity index (χ4n) is 5.08. The molecule has 0 bridgehead atoms. The molecule has 0 saturated heterocycles. The van der Waals surface area contributed by atoms with Crippen LogP contribution in [-0.2, 0) is 90.1 Å². The summed E-state index contributed by atoms with van der Waals surface area (Å²) in [5.41, 5.74) is -0.421. The summed E-state index contributed by atoms with van der Waals surface area (Å²) in [6, 6.07) is 0. The van der Waals surface area contributed by atoms with Crippen molar-refractivity contribution < 1.29 is 90.1 Å². The average molecular weight is 977 g/mol. The molecule has 402 valence electrons. The van der Waals surface area contributed by atoms with E-state index in [2.05, 4.69) is 0 Å². The van der Waals surface area contributed by atoms with E-state index in [4.69, 9.17) is 85.3 Å². The summed E-state index contributed by atoms with van der Waals surface area (Å²) in [6.45, 7) is 25.4. The molecule has 0 spiro atoms. The van der Waals surface area contributed by atoms with Crippen LogP contribution in [0.4, 0.5) is 0 Å². The van der Waals surface area contributed by atoms with Crippen LogP contribution < -0.4 is 0 Å². The molecule has 0 aromatic heterocycles. The van der Waals surface area contributed by atoms with Crippen LogP contribution in [0.15, 0.2) is 0 Å². The molecule has 0 rings (SSSR count). The van der Waals surface area contributed by atoms with Gasteiger partial charge in [0.25, 0.3) is 0 Å². The zero-order valence-corrected chi connectivity index (χ0v) is 42.5. The van der Waals surface area contributed by atoms with E-state index in [1.165, 1.54) is 0 Å². The maximum atomic E-state index is 11.9. The van der Waals surface area contributed by atoms with Crippen molar-refractivity contribution in [2.75, 3.05) is 232 Å². The van der Waals surface area contributed by atoms with Gasteiger partial charge in [-0.2, -0.15) is 0 Å². The molecule has 19 nitrogen and oxygen atoms in total. The van der Waals surface area contributed by atoms with Gasteiger partial charge in [0.1, 0.15) is 0 Å². The summed E-state index contributed by atoms with van der Waals surface area (Å²) in [5.74, 6) is -0.146. The number of hydrogen-bond donors (Lipinski definition) is 0. The first-order valence-corrected chi connectivity index (χ1v) is 24.9. The Morgan fingerprint density at radius 1 is 0.269 bits per heavy atom.